The Hall–Kier alpha value is -1.14. The minimum Gasteiger partial charge on any atom is -0.477 e. The average molecular weight is 398 g/mol. The first-order valence-electron chi connectivity index (χ1n) is 8.72. The Morgan fingerprint density at radius 2 is 2.12 bits per heavy atom. The maximum Gasteiger partial charge on any atom is 0.228 e. The highest BCUT2D eigenvalue weighted by molar-refractivity contribution is 9.10. The molecule has 0 saturated heterocycles. The van der Waals surface area contributed by atoms with Crippen molar-refractivity contribution < 1.29 is 9.84 Å². The quantitative estimate of drug-likeness (QED) is 0.555. The van der Waals surface area contributed by atoms with Crippen LogP contribution in [0, 0.1) is 12.8 Å². The topological polar surface area (TPSA) is 58.0 Å². The van der Waals surface area contributed by atoms with Crippen molar-refractivity contribution in [2.75, 3.05) is 20.2 Å². The second-order valence-corrected chi connectivity index (χ2v) is 7.36. The fourth-order valence-electron chi connectivity index (χ4n) is 2.78. The van der Waals surface area contributed by atoms with E-state index in [4.69, 9.17) is 4.74 Å². The van der Waals surface area contributed by atoms with Crippen LogP contribution in [0.2, 0.25) is 0 Å². The number of aryl methyl sites for hydroxylation is 1. The van der Waals surface area contributed by atoms with Crippen LogP contribution in [-0.2, 0) is 0 Å². The van der Waals surface area contributed by atoms with Crippen molar-refractivity contribution in [1.29, 1.82) is 0 Å². The zero-order valence-corrected chi connectivity index (χ0v) is 16.4. The van der Waals surface area contributed by atoms with Crippen LogP contribution in [0.25, 0.3) is 0 Å². The Balaban J connectivity index is 1.89. The van der Waals surface area contributed by atoms with E-state index in [9.17, 15) is 5.11 Å². The summed E-state index contributed by atoms with van der Waals surface area (Å²) >= 11 is 3.53. The molecule has 0 atom stereocenters. The number of aromatic nitrogens is 1. The number of halogens is 1. The summed E-state index contributed by atoms with van der Waals surface area (Å²) in [5, 5.41) is 9.56. The number of rotatable bonds is 7. The molecule has 1 aliphatic carbocycles. The molecule has 2 rings (SSSR count). The van der Waals surface area contributed by atoms with Gasteiger partial charge in [0, 0.05) is 13.6 Å². The summed E-state index contributed by atoms with van der Waals surface area (Å²) in [4.78, 5) is 11.0. The highest BCUT2D eigenvalue weighted by Crippen LogP contribution is 2.31. The minimum absolute atomic E-state index is 0.0968. The molecular formula is C18H28BrN3O2. The molecule has 1 aliphatic rings. The van der Waals surface area contributed by atoms with Gasteiger partial charge in [-0.1, -0.05) is 0 Å². The maximum atomic E-state index is 9.56. The molecule has 1 N–H and O–H groups in total. The third kappa shape index (κ3) is 5.74. The Morgan fingerprint density at radius 3 is 2.79 bits per heavy atom. The first-order chi connectivity index (χ1) is 11.5. The number of aliphatic hydroxyl groups is 1. The number of hydrogen-bond donors (Lipinski definition) is 1. The lowest BCUT2D eigenvalue weighted by molar-refractivity contribution is 0.101. The molecule has 1 fully saturated rings. The molecule has 0 radical (unpaired) electrons. The van der Waals surface area contributed by atoms with Gasteiger partial charge in [0.15, 0.2) is 0 Å². The van der Waals surface area contributed by atoms with Crippen LogP contribution in [0.4, 0.5) is 5.69 Å². The summed E-state index contributed by atoms with van der Waals surface area (Å²) in [6, 6.07) is 1.95. The van der Waals surface area contributed by atoms with E-state index in [1.54, 1.807) is 0 Å². The molecule has 0 aromatic carbocycles. The molecule has 1 saturated carbocycles. The molecule has 134 valence electrons. The van der Waals surface area contributed by atoms with Crippen LogP contribution in [0.1, 0.15) is 44.7 Å². The van der Waals surface area contributed by atoms with Gasteiger partial charge in [-0.25, -0.2) is 9.98 Å². The van der Waals surface area contributed by atoms with Crippen LogP contribution in [-0.4, -0.2) is 47.6 Å². The molecule has 1 aromatic rings. The summed E-state index contributed by atoms with van der Waals surface area (Å²) in [6.45, 7) is 5.60. The second-order valence-electron chi connectivity index (χ2n) is 6.51. The van der Waals surface area contributed by atoms with Gasteiger partial charge in [-0.3, -0.25) is 0 Å². The van der Waals surface area contributed by atoms with Gasteiger partial charge < -0.3 is 14.7 Å². The molecule has 5 nitrogen and oxygen atoms in total. The van der Waals surface area contributed by atoms with Crippen molar-refractivity contribution in [3.63, 3.8) is 0 Å². The summed E-state index contributed by atoms with van der Waals surface area (Å²) < 4.78 is 6.70. The van der Waals surface area contributed by atoms with E-state index in [2.05, 4.69) is 32.8 Å². The Kier molecular flexibility index (Phi) is 7.49. The number of pyridine rings is 1. The van der Waals surface area contributed by atoms with Gasteiger partial charge in [0.1, 0.15) is 0 Å². The lowest BCUT2D eigenvalue weighted by Gasteiger charge is -2.25. The van der Waals surface area contributed by atoms with Gasteiger partial charge in [0.25, 0.3) is 0 Å². The number of nitrogens with zero attached hydrogens (tertiary/aromatic N) is 3. The maximum absolute atomic E-state index is 9.56. The molecule has 6 heteroatoms. The Labute approximate surface area is 153 Å². The number of aliphatic hydroxyl groups excluding tert-OH is 1. The van der Waals surface area contributed by atoms with E-state index in [0.29, 0.717) is 18.4 Å². The Morgan fingerprint density at radius 1 is 1.42 bits per heavy atom. The molecule has 0 unspecified atom stereocenters. The summed E-state index contributed by atoms with van der Waals surface area (Å²) in [7, 11) is 1.99. The SMILES string of the molecule is CCN(C)C=Nc1cc(Br)c(OCCC2CCC(O)CC2)nc1C. The van der Waals surface area contributed by atoms with Gasteiger partial charge in [0.2, 0.25) is 5.88 Å². The summed E-state index contributed by atoms with van der Waals surface area (Å²) in [5.41, 5.74) is 1.70. The summed E-state index contributed by atoms with van der Waals surface area (Å²) in [6.07, 6.45) is 6.76. The van der Waals surface area contributed by atoms with Crippen LogP contribution in [0.3, 0.4) is 0 Å². The second kappa shape index (κ2) is 9.37. The van der Waals surface area contributed by atoms with E-state index >= 15 is 0 Å². The molecule has 0 aliphatic heterocycles. The molecule has 0 spiro atoms. The lowest BCUT2D eigenvalue weighted by atomic mass is 9.86. The van der Waals surface area contributed by atoms with E-state index in [-0.39, 0.29) is 6.10 Å². The zero-order valence-electron chi connectivity index (χ0n) is 14.8. The van der Waals surface area contributed by atoms with Crippen molar-refractivity contribution in [2.24, 2.45) is 10.9 Å². The van der Waals surface area contributed by atoms with E-state index in [1.165, 1.54) is 0 Å². The fourth-order valence-corrected chi connectivity index (χ4v) is 3.20. The van der Waals surface area contributed by atoms with Gasteiger partial charge in [-0.15, -0.1) is 0 Å². The smallest absolute Gasteiger partial charge is 0.228 e. The number of aliphatic imine (C=N–C) groups is 1. The minimum atomic E-state index is -0.0968. The standard InChI is InChI=1S/C18H28BrN3O2/c1-4-22(3)12-20-17-11-16(19)18(21-13(17)2)24-10-9-14-5-7-15(23)8-6-14/h11-12,14-15,23H,4-10H2,1-3H3. The average Bonchev–Trinajstić information content (AvgIpc) is 2.57. The van der Waals surface area contributed by atoms with Gasteiger partial charge in [0.05, 0.1) is 34.9 Å². The van der Waals surface area contributed by atoms with Crippen LogP contribution in [0.15, 0.2) is 15.5 Å². The van der Waals surface area contributed by atoms with Crippen LogP contribution < -0.4 is 4.74 Å². The third-order valence-corrected chi connectivity index (χ3v) is 5.15. The number of ether oxygens (including phenoxy) is 1. The zero-order chi connectivity index (χ0) is 17.5. The highest BCUT2D eigenvalue weighted by atomic mass is 79.9. The molecule has 1 heterocycles. The van der Waals surface area contributed by atoms with E-state index in [0.717, 1.165) is 54.5 Å². The summed E-state index contributed by atoms with van der Waals surface area (Å²) in [5.74, 6) is 1.29. The van der Waals surface area contributed by atoms with Crippen molar-refractivity contribution in [3.8, 4) is 5.88 Å². The molecule has 24 heavy (non-hydrogen) atoms. The van der Waals surface area contributed by atoms with Gasteiger partial charge >= 0.3 is 0 Å². The van der Waals surface area contributed by atoms with Crippen LogP contribution >= 0.6 is 15.9 Å². The van der Waals surface area contributed by atoms with E-state index in [1.807, 2.05) is 31.3 Å². The van der Waals surface area contributed by atoms with Gasteiger partial charge in [-0.05, 0) is 73.9 Å². The molecule has 0 bridgehead atoms. The van der Waals surface area contributed by atoms with Crippen LogP contribution in [0.5, 0.6) is 5.88 Å². The Bertz CT molecular complexity index is 557. The third-order valence-electron chi connectivity index (χ3n) is 4.58. The van der Waals surface area contributed by atoms with Gasteiger partial charge in [-0.2, -0.15) is 0 Å². The van der Waals surface area contributed by atoms with Crippen molar-refractivity contribution >= 4 is 28.0 Å². The predicted octanol–water partition coefficient (Wildman–Crippen LogP) is 4.08. The molecule has 1 aromatic heterocycles. The number of hydrogen-bond acceptors (Lipinski definition) is 4. The molecule has 0 amide bonds. The largest absolute Gasteiger partial charge is 0.477 e. The lowest BCUT2D eigenvalue weighted by Crippen LogP contribution is -2.19. The van der Waals surface area contributed by atoms with E-state index < -0.39 is 0 Å². The monoisotopic (exact) mass is 397 g/mol. The highest BCUT2D eigenvalue weighted by Gasteiger charge is 2.19. The fraction of sp³-hybridized carbons (Fsp3) is 0.667. The first kappa shape index (κ1) is 19.2. The molecular weight excluding hydrogens is 370 g/mol. The van der Waals surface area contributed by atoms with Crippen molar-refractivity contribution in [1.82, 2.24) is 9.88 Å². The predicted molar refractivity (Wildman–Crippen MR) is 101 cm³/mol. The first-order valence-corrected chi connectivity index (χ1v) is 9.51. The normalized spacial score (nSPS) is 21.2. The van der Waals surface area contributed by atoms with Crippen molar-refractivity contribution in [2.45, 2.75) is 52.1 Å². The van der Waals surface area contributed by atoms with Crippen molar-refractivity contribution in [3.05, 3.63) is 16.2 Å².